The van der Waals surface area contributed by atoms with Crippen LogP contribution < -0.4 is 14.8 Å². The molecule has 0 unspecified atom stereocenters. The molecule has 1 aromatic carbocycles. The molecule has 0 bridgehead atoms. The summed E-state index contributed by atoms with van der Waals surface area (Å²) in [5.74, 6) is 2.49. The molecule has 0 spiro atoms. The van der Waals surface area contributed by atoms with Gasteiger partial charge in [-0.2, -0.15) is 4.98 Å². The van der Waals surface area contributed by atoms with Crippen molar-refractivity contribution in [2.75, 3.05) is 32.1 Å². The topological polar surface area (TPSA) is 97.6 Å². The van der Waals surface area contributed by atoms with Crippen molar-refractivity contribution < 1.29 is 14.6 Å². The first-order valence-electron chi connectivity index (χ1n) is 11.5. The monoisotopic (exact) mass is 472 g/mol. The predicted molar refractivity (Wildman–Crippen MR) is 132 cm³/mol. The number of ether oxygens (including phenoxy) is 2. The first kappa shape index (κ1) is 22.8. The van der Waals surface area contributed by atoms with Crippen molar-refractivity contribution in [3.05, 3.63) is 84.1 Å². The van der Waals surface area contributed by atoms with E-state index in [0.29, 0.717) is 42.9 Å². The van der Waals surface area contributed by atoms with E-state index in [2.05, 4.69) is 32.3 Å². The van der Waals surface area contributed by atoms with Gasteiger partial charge in [-0.1, -0.05) is 30.3 Å². The minimum atomic E-state index is -0.188. The molecule has 0 radical (unpaired) electrons. The lowest BCUT2D eigenvalue weighted by Gasteiger charge is -2.23. The van der Waals surface area contributed by atoms with Crippen LogP contribution in [0.5, 0.6) is 11.6 Å². The fraction of sp³-hybridized carbons (Fsp3) is 0.269. The zero-order chi connectivity index (χ0) is 24.2. The van der Waals surface area contributed by atoms with Gasteiger partial charge in [0.2, 0.25) is 5.88 Å². The third-order valence-corrected chi connectivity index (χ3v) is 5.88. The maximum atomic E-state index is 9.53. The van der Waals surface area contributed by atoms with Crippen LogP contribution in [0.25, 0.3) is 5.82 Å². The Bertz CT molecular complexity index is 1290. The lowest BCUT2D eigenvalue weighted by Crippen LogP contribution is -2.30. The van der Waals surface area contributed by atoms with Gasteiger partial charge in [0.05, 0.1) is 31.3 Å². The van der Waals surface area contributed by atoms with E-state index in [4.69, 9.17) is 14.5 Å². The van der Waals surface area contributed by atoms with Gasteiger partial charge in [-0.05, 0) is 24.6 Å². The van der Waals surface area contributed by atoms with Crippen LogP contribution in [-0.4, -0.2) is 56.3 Å². The Morgan fingerprint density at radius 2 is 2.03 bits per heavy atom. The number of β-amino-alcohol motifs (C(OH)–C–C–N with tert-alkyl or cyclic N) is 1. The van der Waals surface area contributed by atoms with Crippen LogP contribution in [0.4, 0.5) is 11.5 Å². The Morgan fingerprint density at radius 3 is 2.77 bits per heavy atom. The number of nitrogens with one attached hydrogen (secondary N) is 1. The highest BCUT2D eigenvalue weighted by molar-refractivity contribution is 5.60. The highest BCUT2D eigenvalue weighted by Crippen LogP contribution is 2.32. The largest absolute Gasteiger partial charge is 0.493 e. The second-order valence-electron chi connectivity index (χ2n) is 8.43. The van der Waals surface area contributed by atoms with Crippen LogP contribution in [0.1, 0.15) is 22.9 Å². The van der Waals surface area contributed by atoms with Crippen molar-refractivity contribution >= 4 is 11.5 Å². The van der Waals surface area contributed by atoms with Crippen LogP contribution in [-0.2, 0) is 6.54 Å². The number of nitrogens with zero attached hydrogens (tertiary/aromatic N) is 5. The molecule has 1 atom stereocenters. The van der Waals surface area contributed by atoms with Crippen LogP contribution in [0, 0.1) is 6.92 Å². The molecule has 4 aromatic rings. The molecule has 5 rings (SSSR count). The molecule has 4 heterocycles. The highest BCUT2D eigenvalue weighted by Gasteiger charge is 2.25. The summed E-state index contributed by atoms with van der Waals surface area (Å²) in [6.45, 7) is 3.91. The molecule has 2 N–H and O–H groups in total. The third-order valence-electron chi connectivity index (χ3n) is 5.88. The summed E-state index contributed by atoms with van der Waals surface area (Å²) in [4.78, 5) is 15.8. The van der Waals surface area contributed by atoms with E-state index in [1.165, 1.54) is 0 Å². The maximum absolute atomic E-state index is 9.53. The van der Waals surface area contributed by atoms with Crippen molar-refractivity contribution in [2.45, 2.75) is 19.6 Å². The summed E-state index contributed by atoms with van der Waals surface area (Å²) in [7, 11) is 1.62. The molecule has 1 aliphatic heterocycles. The summed E-state index contributed by atoms with van der Waals surface area (Å²) in [5, 5.41) is 12.8. The van der Waals surface area contributed by atoms with Crippen molar-refractivity contribution in [1.29, 1.82) is 0 Å². The van der Waals surface area contributed by atoms with E-state index in [9.17, 15) is 5.11 Å². The number of methoxy groups -OCH3 is 1. The van der Waals surface area contributed by atoms with Crippen molar-refractivity contribution in [3.63, 3.8) is 0 Å². The minimum Gasteiger partial charge on any atom is -0.493 e. The second-order valence-corrected chi connectivity index (χ2v) is 8.43. The molecule has 9 heteroatoms. The quantitative estimate of drug-likeness (QED) is 0.421. The molecule has 0 aliphatic carbocycles. The molecule has 0 saturated heterocycles. The molecule has 1 aliphatic rings. The van der Waals surface area contributed by atoms with Gasteiger partial charge in [-0.3, -0.25) is 9.47 Å². The molecule has 9 nitrogen and oxygen atoms in total. The van der Waals surface area contributed by atoms with Gasteiger partial charge in [-0.15, -0.1) is 0 Å². The number of imidazole rings is 1. The first-order chi connectivity index (χ1) is 17.1. The predicted octanol–water partition coefficient (Wildman–Crippen LogP) is 3.65. The fourth-order valence-corrected chi connectivity index (χ4v) is 4.16. The normalized spacial score (nSPS) is 15.7. The standard InChI is InChI=1S/C26H28N6O3/c1-18-14-32(17-28-18)25-22(34-2)12-21(13-27-25)29-24-9-8-20-15-31(10-11-33)16-23(35-26(20)30-24)19-6-4-3-5-7-19/h3-9,12-14,17,23,33H,10-11,15-16H2,1-2H3,(H,29,30)/t23-/m0/s1. The van der Waals surface area contributed by atoms with E-state index in [1.807, 2.05) is 54.1 Å². The van der Waals surface area contributed by atoms with Gasteiger partial charge in [0.25, 0.3) is 0 Å². The van der Waals surface area contributed by atoms with Gasteiger partial charge in [0.1, 0.15) is 18.2 Å². The molecule has 180 valence electrons. The zero-order valence-electron chi connectivity index (χ0n) is 19.8. The lowest BCUT2D eigenvalue weighted by molar-refractivity contribution is 0.126. The second kappa shape index (κ2) is 10.1. The van der Waals surface area contributed by atoms with E-state index in [-0.39, 0.29) is 12.7 Å². The number of rotatable bonds is 7. The summed E-state index contributed by atoms with van der Waals surface area (Å²) < 4.78 is 13.8. The number of aromatic nitrogens is 4. The summed E-state index contributed by atoms with van der Waals surface area (Å²) in [6, 6.07) is 15.9. The van der Waals surface area contributed by atoms with Crippen LogP contribution in [0.2, 0.25) is 0 Å². The number of pyridine rings is 2. The molecule has 3 aromatic heterocycles. The Morgan fingerprint density at radius 1 is 1.17 bits per heavy atom. The molecule has 0 saturated carbocycles. The molecule has 0 fully saturated rings. The fourth-order valence-electron chi connectivity index (χ4n) is 4.16. The number of aliphatic hydroxyl groups excluding tert-OH is 1. The van der Waals surface area contributed by atoms with E-state index < -0.39 is 0 Å². The van der Waals surface area contributed by atoms with E-state index in [0.717, 1.165) is 22.5 Å². The highest BCUT2D eigenvalue weighted by atomic mass is 16.5. The average molecular weight is 473 g/mol. The number of aliphatic hydroxyl groups is 1. The van der Waals surface area contributed by atoms with Gasteiger partial charge in [0.15, 0.2) is 11.6 Å². The van der Waals surface area contributed by atoms with E-state index >= 15 is 0 Å². The van der Waals surface area contributed by atoms with Crippen molar-refractivity contribution in [2.24, 2.45) is 0 Å². The lowest BCUT2D eigenvalue weighted by atomic mass is 10.1. The van der Waals surface area contributed by atoms with Gasteiger partial charge >= 0.3 is 0 Å². The molecule has 35 heavy (non-hydrogen) atoms. The van der Waals surface area contributed by atoms with Crippen molar-refractivity contribution in [3.8, 4) is 17.4 Å². The smallest absolute Gasteiger partial charge is 0.220 e. The zero-order valence-corrected chi connectivity index (χ0v) is 19.8. The van der Waals surface area contributed by atoms with Crippen molar-refractivity contribution in [1.82, 2.24) is 24.4 Å². The average Bonchev–Trinajstić information content (AvgIpc) is 3.22. The Labute approximate surface area is 204 Å². The Kier molecular flexibility index (Phi) is 6.60. The van der Waals surface area contributed by atoms with E-state index in [1.54, 1.807) is 19.6 Å². The number of anilines is 2. The number of fused-ring (bicyclic) bond motifs is 1. The maximum Gasteiger partial charge on any atom is 0.220 e. The molecule has 0 amide bonds. The summed E-state index contributed by atoms with van der Waals surface area (Å²) >= 11 is 0. The number of hydrogen-bond donors (Lipinski definition) is 2. The number of hydrogen-bond acceptors (Lipinski definition) is 8. The minimum absolute atomic E-state index is 0.0907. The van der Waals surface area contributed by atoms with Crippen LogP contribution >= 0.6 is 0 Å². The summed E-state index contributed by atoms with van der Waals surface area (Å²) in [5.41, 5.74) is 3.69. The molecular formula is C26H28N6O3. The van der Waals surface area contributed by atoms with Crippen LogP contribution in [0.3, 0.4) is 0 Å². The van der Waals surface area contributed by atoms with Gasteiger partial charge in [-0.25, -0.2) is 9.97 Å². The van der Waals surface area contributed by atoms with Crippen LogP contribution in [0.15, 0.2) is 67.3 Å². The first-order valence-corrected chi connectivity index (χ1v) is 11.5. The Hall–Kier alpha value is -3.95. The third kappa shape index (κ3) is 5.11. The number of aryl methyl sites for hydroxylation is 1. The Balaban J connectivity index is 1.41. The SMILES string of the molecule is COc1cc(Nc2ccc3c(n2)O[C@H](c2ccccc2)CN(CCO)C3)cnc1-n1cnc(C)c1. The van der Waals surface area contributed by atoms with Gasteiger partial charge in [0, 0.05) is 37.5 Å². The molecular weight excluding hydrogens is 444 g/mol. The summed E-state index contributed by atoms with van der Waals surface area (Å²) in [6.07, 6.45) is 5.15. The van der Waals surface area contributed by atoms with Gasteiger partial charge < -0.3 is 19.9 Å². The number of benzene rings is 1.